The highest BCUT2D eigenvalue weighted by molar-refractivity contribution is 6.10. The third kappa shape index (κ3) is 3.60. The van der Waals surface area contributed by atoms with Crippen LogP contribution in [0.3, 0.4) is 0 Å². The lowest BCUT2D eigenvalue weighted by molar-refractivity contribution is 0.0878. The first kappa shape index (κ1) is 18.5. The molecule has 0 atom stereocenters. The van der Waals surface area contributed by atoms with Crippen LogP contribution in [-0.2, 0) is 7.05 Å². The second-order valence-corrected chi connectivity index (χ2v) is 7.33. The Balaban J connectivity index is 1.66. The van der Waals surface area contributed by atoms with E-state index in [9.17, 15) is 9.59 Å². The normalized spacial score (nSPS) is 15.7. The number of fused-ring (bicyclic) bond motifs is 1. The molecule has 1 fully saturated rings. The van der Waals surface area contributed by atoms with Gasteiger partial charge in [0.05, 0.1) is 6.54 Å². The summed E-state index contributed by atoms with van der Waals surface area (Å²) in [5, 5.41) is 3.94. The molecule has 1 aromatic carbocycles. The standard InChI is InChI=1S/C20H28N4O2/c1-14(2)21-20(26)24-11-9-23(10-12-24)13-18(25)19-15(3)22(4)17-8-6-5-7-16(17)19/h5-8,14H,9-13H2,1-4H3,(H,21,26). The van der Waals surface area contributed by atoms with Gasteiger partial charge in [-0.3, -0.25) is 9.69 Å². The first-order valence-corrected chi connectivity index (χ1v) is 9.23. The summed E-state index contributed by atoms with van der Waals surface area (Å²) in [7, 11) is 2.00. The van der Waals surface area contributed by atoms with Crippen molar-refractivity contribution in [2.75, 3.05) is 32.7 Å². The fourth-order valence-corrected chi connectivity index (χ4v) is 3.60. The molecule has 0 unspecified atom stereocenters. The Labute approximate surface area is 154 Å². The fourth-order valence-electron chi connectivity index (χ4n) is 3.60. The van der Waals surface area contributed by atoms with Gasteiger partial charge in [-0.15, -0.1) is 0 Å². The van der Waals surface area contributed by atoms with Crippen LogP contribution < -0.4 is 5.32 Å². The number of rotatable bonds is 4. The van der Waals surface area contributed by atoms with Crippen molar-refractivity contribution in [3.8, 4) is 0 Å². The van der Waals surface area contributed by atoms with E-state index in [2.05, 4.69) is 14.8 Å². The average Bonchev–Trinajstić information content (AvgIpc) is 2.86. The Hall–Kier alpha value is -2.34. The molecular formula is C20H28N4O2. The lowest BCUT2D eigenvalue weighted by atomic mass is 10.1. The number of urea groups is 1. The summed E-state index contributed by atoms with van der Waals surface area (Å²) in [4.78, 5) is 29.0. The summed E-state index contributed by atoms with van der Waals surface area (Å²) in [6.07, 6.45) is 0. The number of amides is 2. The van der Waals surface area contributed by atoms with Crippen molar-refractivity contribution in [3.63, 3.8) is 0 Å². The van der Waals surface area contributed by atoms with Crippen LogP contribution in [0, 0.1) is 6.92 Å². The number of aryl methyl sites for hydroxylation is 1. The van der Waals surface area contributed by atoms with Crippen molar-refractivity contribution in [2.45, 2.75) is 26.8 Å². The molecule has 0 saturated carbocycles. The molecule has 26 heavy (non-hydrogen) atoms. The Bertz CT molecular complexity index is 817. The first-order valence-electron chi connectivity index (χ1n) is 9.23. The van der Waals surface area contributed by atoms with Gasteiger partial charge in [0.25, 0.3) is 0 Å². The summed E-state index contributed by atoms with van der Waals surface area (Å²) in [5.74, 6) is 0.152. The Morgan fingerprint density at radius 2 is 1.77 bits per heavy atom. The summed E-state index contributed by atoms with van der Waals surface area (Å²) in [5.41, 5.74) is 2.91. The number of Topliss-reactive ketones (excluding diaryl/α,β-unsaturated/α-hetero) is 1. The number of hydrogen-bond acceptors (Lipinski definition) is 3. The van der Waals surface area contributed by atoms with Crippen LogP contribution in [0.4, 0.5) is 4.79 Å². The molecule has 0 aliphatic carbocycles. The Morgan fingerprint density at radius 3 is 2.42 bits per heavy atom. The minimum Gasteiger partial charge on any atom is -0.347 e. The SMILES string of the molecule is Cc1c(C(=O)CN2CCN(C(=O)NC(C)C)CC2)c2ccccc2n1C. The minimum atomic E-state index is -0.0177. The van der Waals surface area contributed by atoms with Crippen molar-refractivity contribution in [1.29, 1.82) is 0 Å². The predicted octanol–water partition coefficient (Wildman–Crippen LogP) is 2.41. The average molecular weight is 356 g/mol. The second kappa shape index (κ2) is 7.50. The van der Waals surface area contributed by atoms with Gasteiger partial charge < -0.3 is 14.8 Å². The van der Waals surface area contributed by atoms with Gasteiger partial charge in [0, 0.05) is 61.4 Å². The van der Waals surface area contributed by atoms with Crippen LogP contribution in [-0.4, -0.2) is 64.9 Å². The number of benzene rings is 1. The lowest BCUT2D eigenvalue weighted by Crippen LogP contribution is -2.53. The molecule has 2 heterocycles. The molecule has 6 heteroatoms. The first-order chi connectivity index (χ1) is 12.4. The molecule has 140 valence electrons. The van der Waals surface area contributed by atoms with Crippen molar-refractivity contribution in [2.24, 2.45) is 7.05 Å². The number of piperazine rings is 1. The van der Waals surface area contributed by atoms with Crippen molar-refractivity contribution >= 4 is 22.7 Å². The van der Waals surface area contributed by atoms with Crippen LogP contribution in [0.15, 0.2) is 24.3 Å². The number of ketones is 1. The minimum absolute atomic E-state index is 0.0177. The van der Waals surface area contributed by atoms with Crippen LogP contribution in [0.5, 0.6) is 0 Å². The molecular weight excluding hydrogens is 328 g/mol. The highest BCUT2D eigenvalue weighted by atomic mass is 16.2. The largest absolute Gasteiger partial charge is 0.347 e. The monoisotopic (exact) mass is 356 g/mol. The zero-order chi connectivity index (χ0) is 18.8. The van der Waals surface area contributed by atoms with Crippen molar-refractivity contribution in [1.82, 2.24) is 19.7 Å². The molecule has 2 amide bonds. The van der Waals surface area contributed by atoms with Gasteiger partial charge in [-0.1, -0.05) is 18.2 Å². The molecule has 1 aliphatic heterocycles. The van der Waals surface area contributed by atoms with Gasteiger partial charge >= 0.3 is 6.03 Å². The highest BCUT2D eigenvalue weighted by Crippen LogP contribution is 2.25. The summed E-state index contributed by atoms with van der Waals surface area (Å²) in [6, 6.07) is 8.16. The quantitative estimate of drug-likeness (QED) is 0.856. The van der Waals surface area contributed by atoms with E-state index in [1.165, 1.54) is 0 Å². The maximum Gasteiger partial charge on any atom is 0.317 e. The number of carbonyl (C=O) groups is 2. The van der Waals surface area contributed by atoms with E-state index in [0.717, 1.165) is 35.2 Å². The fraction of sp³-hybridized carbons (Fsp3) is 0.500. The second-order valence-electron chi connectivity index (χ2n) is 7.33. The number of nitrogens with one attached hydrogen (secondary N) is 1. The lowest BCUT2D eigenvalue weighted by Gasteiger charge is -2.34. The van der Waals surface area contributed by atoms with Gasteiger partial charge in [0.15, 0.2) is 5.78 Å². The molecule has 0 spiro atoms. The van der Waals surface area contributed by atoms with Gasteiger partial charge in [-0.25, -0.2) is 4.79 Å². The molecule has 3 rings (SSSR count). The van der Waals surface area contributed by atoms with E-state index in [0.29, 0.717) is 19.6 Å². The molecule has 2 aromatic rings. The Morgan fingerprint density at radius 1 is 1.12 bits per heavy atom. The number of hydrogen-bond donors (Lipinski definition) is 1. The van der Waals surface area contributed by atoms with Crippen LogP contribution in [0.2, 0.25) is 0 Å². The van der Waals surface area contributed by atoms with Gasteiger partial charge in [0.2, 0.25) is 0 Å². The molecule has 6 nitrogen and oxygen atoms in total. The van der Waals surface area contributed by atoms with Crippen LogP contribution in [0.1, 0.15) is 29.9 Å². The van der Waals surface area contributed by atoms with Crippen LogP contribution >= 0.6 is 0 Å². The molecule has 1 saturated heterocycles. The van der Waals surface area contributed by atoms with Crippen molar-refractivity contribution in [3.05, 3.63) is 35.5 Å². The van der Waals surface area contributed by atoms with E-state index in [1.54, 1.807) is 0 Å². The molecule has 0 bridgehead atoms. The third-order valence-corrected chi connectivity index (χ3v) is 5.12. The summed E-state index contributed by atoms with van der Waals surface area (Å²) in [6.45, 7) is 9.07. The highest BCUT2D eigenvalue weighted by Gasteiger charge is 2.25. The number of para-hydroxylation sites is 1. The van der Waals surface area contributed by atoms with Gasteiger partial charge in [-0.05, 0) is 26.8 Å². The molecule has 1 N–H and O–H groups in total. The molecule has 1 aliphatic rings. The zero-order valence-corrected chi connectivity index (χ0v) is 16.1. The summed E-state index contributed by atoms with van der Waals surface area (Å²) >= 11 is 0. The number of carbonyl (C=O) groups excluding carboxylic acids is 2. The smallest absolute Gasteiger partial charge is 0.317 e. The van der Waals surface area contributed by atoms with Gasteiger partial charge in [-0.2, -0.15) is 0 Å². The van der Waals surface area contributed by atoms with E-state index in [1.807, 2.05) is 57.0 Å². The number of nitrogens with zero attached hydrogens (tertiary/aromatic N) is 3. The third-order valence-electron chi connectivity index (χ3n) is 5.12. The zero-order valence-electron chi connectivity index (χ0n) is 16.1. The van der Waals surface area contributed by atoms with Crippen molar-refractivity contribution < 1.29 is 9.59 Å². The van der Waals surface area contributed by atoms with E-state index >= 15 is 0 Å². The Kier molecular flexibility index (Phi) is 5.32. The van der Waals surface area contributed by atoms with Gasteiger partial charge in [0.1, 0.15) is 0 Å². The maximum absolute atomic E-state index is 13.0. The van der Waals surface area contributed by atoms with E-state index in [4.69, 9.17) is 0 Å². The molecule has 0 radical (unpaired) electrons. The maximum atomic E-state index is 13.0. The summed E-state index contributed by atoms with van der Waals surface area (Å²) < 4.78 is 2.08. The number of aromatic nitrogens is 1. The van der Waals surface area contributed by atoms with Crippen LogP contribution in [0.25, 0.3) is 10.9 Å². The topological polar surface area (TPSA) is 57.6 Å². The predicted molar refractivity (Wildman–Crippen MR) is 104 cm³/mol. The molecule has 1 aromatic heterocycles. The van der Waals surface area contributed by atoms with E-state index < -0.39 is 0 Å². The van der Waals surface area contributed by atoms with E-state index in [-0.39, 0.29) is 17.9 Å².